The number of nitrogens with zero attached hydrogens (tertiary/aromatic N) is 1. The molecule has 0 aromatic rings. The van der Waals surface area contributed by atoms with Crippen LogP contribution in [-0.4, -0.2) is 39.3 Å². The average molecular weight is 271 g/mol. The van der Waals surface area contributed by atoms with Crippen molar-refractivity contribution in [1.29, 1.82) is 0 Å². The summed E-state index contributed by atoms with van der Waals surface area (Å²) in [6.45, 7) is 10.3. The Kier molecular flexibility index (Phi) is 13.1. The zero-order chi connectivity index (χ0) is 14.3. The summed E-state index contributed by atoms with van der Waals surface area (Å²) in [5, 5.41) is 6.67. The molecule has 19 heavy (non-hydrogen) atoms. The van der Waals surface area contributed by atoms with E-state index in [2.05, 4.69) is 36.4 Å². The first-order valence-electron chi connectivity index (χ1n) is 7.71. The summed E-state index contributed by atoms with van der Waals surface area (Å²) < 4.78 is 5.04. The summed E-state index contributed by atoms with van der Waals surface area (Å²) in [6.07, 6.45) is 5.93. The fraction of sp³-hybridized carbons (Fsp3) is 0.933. The first-order valence-corrected chi connectivity index (χ1v) is 7.71. The summed E-state index contributed by atoms with van der Waals surface area (Å²) in [6, 6.07) is 0. The molecule has 0 aliphatic carbocycles. The maximum absolute atomic E-state index is 5.04. The average Bonchev–Trinajstić information content (AvgIpc) is 2.38. The largest absolute Gasteiger partial charge is 0.385 e. The molecule has 0 amide bonds. The number of hydrogen-bond donors (Lipinski definition) is 2. The highest BCUT2D eigenvalue weighted by atomic mass is 16.5. The predicted molar refractivity (Wildman–Crippen MR) is 83.8 cm³/mol. The van der Waals surface area contributed by atoms with Crippen molar-refractivity contribution >= 4 is 5.96 Å². The molecule has 0 aromatic carbocycles. The van der Waals surface area contributed by atoms with Crippen LogP contribution in [0.1, 0.15) is 52.9 Å². The summed E-state index contributed by atoms with van der Waals surface area (Å²) in [7, 11) is 1.76. The van der Waals surface area contributed by atoms with Gasteiger partial charge in [-0.15, -0.1) is 0 Å². The minimum atomic E-state index is 0.770. The van der Waals surface area contributed by atoms with Gasteiger partial charge in [0.05, 0.1) is 0 Å². The number of methoxy groups -OCH3 is 1. The topological polar surface area (TPSA) is 45.7 Å². The number of nitrogens with one attached hydrogen (secondary N) is 2. The molecule has 114 valence electrons. The number of ether oxygens (including phenoxy) is 1. The van der Waals surface area contributed by atoms with Gasteiger partial charge in [0.15, 0.2) is 5.96 Å². The minimum absolute atomic E-state index is 0.770. The molecule has 0 unspecified atom stereocenters. The second-order valence-electron chi connectivity index (χ2n) is 5.28. The predicted octanol–water partition coefficient (Wildman–Crippen LogP) is 2.79. The molecule has 0 bridgehead atoms. The van der Waals surface area contributed by atoms with Crippen LogP contribution in [0, 0.1) is 5.92 Å². The fourth-order valence-electron chi connectivity index (χ4n) is 1.79. The lowest BCUT2D eigenvalue weighted by Crippen LogP contribution is -2.37. The molecule has 0 saturated heterocycles. The Balaban J connectivity index is 3.68. The van der Waals surface area contributed by atoms with Crippen molar-refractivity contribution in [2.75, 3.05) is 33.4 Å². The zero-order valence-electron chi connectivity index (χ0n) is 13.3. The van der Waals surface area contributed by atoms with E-state index in [1.165, 1.54) is 25.7 Å². The van der Waals surface area contributed by atoms with Crippen molar-refractivity contribution in [3.8, 4) is 0 Å². The highest BCUT2D eigenvalue weighted by Crippen LogP contribution is 2.02. The minimum Gasteiger partial charge on any atom is -0.385 e. The van der Waals surface area contributed by atoms with Crippen LogP contribution in [0.4, 0.5) is 0 Å². The summed E-state index contributed by atoms with van der Waals surface area (Å²) in [4.78, 5) is 4.59. The maximum Gasteiger partial charge on any atom is 0.191 e. The van der Waals surface area contributed by atoms with Crippen LogP contribution in [0.3, 0.4) is 0 Å². The number of aliphatic imine (C=N–C) groups is 1. The molecule has 2 N–H and O–H groups in total. The number of rotatable bonds is 11. The van der Waals surface area contributed by atoms with Gasteiger partial charge >= 0.3 is 0 Å². The summed E-state index contributed by atoms with van der Waals surface area (Å²) >= 11 is 0. The van der Waals surface area contributed by atoms with E-state index in [0.717, 1.165) is 44.5 Å². The first-order chi connectivity index (χ1) is 9.20. The number of guanidine groups is 1. The molecule has 4 nitrogen and oxygen atoms in total. The van der Waals surface area contributed by atoms with Crippen LogP contribution in [0.15, 0.2) is 4.99 Å². The van der Waals surface area contributed by atoms with Gasteiger partial charge in [-0.1, -0.05) is 13.8 Å². The molecule has 0 aromatic heterocycles. The number of unbranched alkanes of at least 4 members (excludes halogenated alkanes) is 2. The van der Waals surface area contributed by atoms with Crippen LogP contribution in [-0.2, 0) is 4.74 Å². The molecule has 0 aliphatic rings. The molecule has 0 saturated carbocycles. The lowest BCUT2D eigenvalue weighted by molar-refractivity contribution is 0.192. The third kappa shape index (κ3) is 13.5. The Morgan fingerprint density at radius 3 is 2.53 bits per heavy atom. The van der Waals surface area contributed by atoms with Crippen molar-refractivity contribution in [3.63, 3.8) is 0 Å². The van der Waals surface area contributed by atoms with E-state index in [1.807, 2.05) is 0 Å². The molecule has 0 radical (unpaired) electrons. The van der Waals surface area contributed by atoms with E-state index in [0.29, 0.717) is 0 Å². The van der Waals surface area contributed by atoms with Gasteiger partial charge < -0.3 is 15.4 Å². The van der Waals surface area contributed by atoms with Crippen molar-refractivity contribution < 1.29 is 4.74 Å². The third-order valence-electron chi connectivity index (χ3n) is 2.87. The van der Waals surface area contributed by atoms with Crippen LogP contribution in [0.5, 0.6) is 0 Å². The molecular weight excluding hydrogens is 238 g/mol. The van der Waals surface area contributed by atoms with Crippen molar-refractivity contribution in [3.05, 3.63) is 0 Å². The second kappa shape index (κ2) is 13.7. The van der Waals surface area contributed by atoms with Gasteiger partial charge in [0.1, 0.15) is 0 Å². The fourth-order valence-corrected chi connectivity index (χ4v) is 1.79. The van der Waals surface area contributed by atoms with E-state index < -0.39 is 0 Å². The molecule has 0 rings (SSSR count). The molecular formula is C15H33N3O. The van der Waals surface area contributed by atoms with Crippen molar-refractivity contribution in [2.45, 2.75) is 52.9 Å². The quantitative estimate of drug-likeness (QED) is 0.345. The maximum atomic E-state index is 5.04. The summed E-state index contributed by atoms with van der Waals surface area (Å²) in [5.74, 6) is 1.73. The van der Waals surface area contributed by atoms with Crippen molar-refractivity contribution in [1.82, 2.24) is 10.6 Å². The zero-order valence-corrected chi connectivity index (χ0v) is 13.3. The smallest absolute Gasteiger partial charge is 0.191 e. The highest BCUT2D eigenvalue weighted by Gasteiger charge is 1.97. The van der Waals surface area contributed by atoms with Crippen LogP contribution >= 0.6 is 0 Å². The Labute approximate surface area is 119 Å². The molecule has 0 heterocycles. The van der Waals surface area contributed by atoms with Crippen molar-refractivity contribution in [2.24, 2.45) is 10.9 Å². The van der Waals surface area contributed by atoms with Gasteiger partial charge in [0.25, 0.3) is 0 Å². The van der Waals surface area contributed by atoms with Crippen LogP contribution in [0.2, 0.25) is 0 Å². The van der Waals surface area contributed by atoms with Gasteiger partial charge in [-0.25, -0.2) is 0 Å². The molecule has 0 aliphatic heterocycles. The Hall–Kier alpha value is -0.770. The Morgan fingerprint density at radius 1 is 1.11 bits per heavy atom. The Morgan fingerprint density at radius 2 is 1.89 bits per heavy atom. The molecule has 0 atom stereocenters. The van der Waals surface area contributed by atoms with E-state index in [4.69, 9.17) is 4.74 Å². The first kappa shape index (κ1) is 18.2. The lowest BCUT2D eigenvalue weighted by atomic mass is 10.1. The van der Waals surface area contributed by atoms with Crippen LogP contribution in [0.25, 0.3) is 0 Å². The van der Waals surface area contributed by atoms with Gasteiger partial charge in [-0.2, -0.15) is 0 Å². The number of hydrogen-bond acceptors (Lipinski definition) is 2. The molecule has 4 heteroatoms. The monoisotopic (exact) mass is 271 g/mol. The van der Waals surface area contributed by atoms with E-state index in [-0.39, 0.29) is 0 Å². The van der Waals surface area contributed by atoms with Crippen LogP contribution < -0.4 is 10.6 Å². The third-order valence-corrected chi connectivity index (χ3v) is 2.87. The highest BCUT2D eigenvalue weighted by molar-refractivity contribution is 5.79. The second-order valence-corrected chi connectivity index (χ2v) is 5.28. The Bertz CT molecular complexity index is 217. The normalized spacial score (nSPS) is 11.9. The lowest BCUT2D eigenvalue weighted by Gasteiger charge is -2.11. The summed E-state index contributed by atoms with van der Waals surface area (Å²) in [5.41, 5.74) is 0. The van der Waals surface area contributed by atoms with E-state index in [1.54, 1.807) is 7.11 Å². The standard InChI is InChI=1S/C15H33N3O/c1-5-16-15(18-12-9-10-14(2)3)17-11-7-6-8-13-19-4/h14H,5-13H2,1-4H3,(H2,16,17,18). The molecule has 0 fully saturated rings. The van der Waals surface area contributed by atoms with Gasteiger partial charge in [0.2, 0.25) is 0 Å². The van der Waals surface area contributed by atoms with E-state index >= 15 is 0 Å². The van der Waals surface area contributed by atoms with Gasteiger partial charge in [-0.05, 0) is 44.9 Å². The molecule has 0 spiro atoms. The SMILES string of the molecule is CCNC(=NCCCC(C)C)NCCCCCOC. The van der Waals surface area contributed by atoms with Gasteiger partial charge in [-0.3, -0.25) is 4.99 Å². The van der Waals surface area contributed by atoms with Gasteiger partial charge in [0, 0.05) is 33.4 Å². The van der Waals surface area contributed by atoms with E-state index in [9.17, 15) is 0 Å².